The standard InChI is InChI=1S/C21H18FN3O3/c1-13-11-14(3-4-15(13)22)21-20(28-2)8-5-17(25-21)19(27)7-6-18(26)16-9-10-23-12-24-16/h3-5,8-12H,6-7H2,1-2H3. The van der Waals surface area contributed by atoms with Gasteiger partial charge in [0.15, 0.2) is 11.6 Å². The van der Waals surface area contributed by atoms with E-state index in [1.165, 1.54) is 31.8 Å². The van der Waals surface area contributed by atoms with E-state index in [1.54, 1.807) is 31.2 Å². The summed E-state index contributed by atoms with van der Waals surface area (Å²) in [5.41, 5.74) is 2.04. The summed E-state index contributed by atoms with van der Waals surface area (Å²) in [5, 5.41) is 0. The van der Waals surface area contributed by atoms with Crippen LogP contribution in [0.15, 0.2) is 48.9 Å². The van der Waals surface area contributed by atoms with Crippen molar-refractivity contribution in [1.82, 2.24) is 15.0 Å². The smallest absolute Gasteiger partial charge is 0.181 e. The van der Waals surface area contributed by atoms with E-state index in [2.05, 4.69) is 15.0 Å². The van der Waals surface area contributed by atoms with Gasteiger partial charge >= 0.3 is 0 Å². The second-order valence-electron chi connectivity index (χ2n) is 6.15. The molecule has 0 fully saturated rings. The fourth-order valence-corrected chi connectivity index (χ4v) is 2.70. The van der Waals surface area contributed by atoms with Gasteiger partial charge in [0, 0.05) is 24.6 Å². The lowest BCUT2D eigenvalue weighted by Gasteiger charge is -2.10. The van der Waals surface area contributed by atoms with Crippen LogP contribution in [0.1, 0.15) is 39.4 Å². The summed E-state index contributed by atoms with van der Waals surface area (Å²) in [6.07, 6.45) is 2.79. The molecule has 28 heavy (non-hydrogen) atoms. The summed E-state index contributed by atoms with van der Waals surface area (Å²) in [7, 11) is 1.50. The minimum absolute atomic E-state index is 0.00402. The van der Waals surface area contributed by atoms with Crippen LogP contribution in [0.5, 0.6) is 5.75 Å². The predicted octanol–water partition coefficient (Wildman–Crippen LogP) is 3.84. The van der Waals surface area contributed by atoms with E-state index in [0.717, 1.165) is 0 Å². The molecule has 3 rings (SSSR count). The van der Waals surface area contributed by atoms with E-state index in [0.29, 0.717) is 22.6 Å². The zero-order valence-electron chi connectivity index (χ0n) is 15.5. The van der Waals surface area contributed by atoms with Crippen molar-refractivity contribution in [3.05, 3.63) is 71.7 Å². The van der Waals surface area contributed by atoms with Crippen LogP contribution < -0.4 is 4.74 Å². The molecule has 0 N–H and O–H groups in total. The normalized spacial score (nSPS) is 10.5. The quantitative estimate of drug-likeness (QED) is 0.580. The first-order valence-corrected chi connectivity index (χ1v) is 8.63. The Balaban J connectivity index is 1.81. The first-order valence-electron chi connectivity index (χ1n) is 8.63. The van der Waals surface area contributed by atoms with Crippen LogP contribution in [-0.4, -0.2) is 33.6 Å². The Hall–Kier alpha value is -3.48. The van der Waals surface area contributed by atoms with Crippen LogP contribution in [0.25, 0.3) is 11.3 Å². The number of ketones is 2. The Morgan fingerprint density at radius 2 is 1.79 bits per heavy atom. The highest BCUT2D eigenvalue weighted by molar-refractivity contribution is 6.00. The maximum atomic E-state index is 13.6. The van der Waals surface area contributed by atoms with E-state index >= 15 is 0 Å². The Morgan fingerprint density at radius 1 is 1.04 bits per heavy atom. The zero-order chi connectivity index (χ0) is 20.1. The fourth-order valence-electron chi connectivity index (χ4n) is 2.70. The molecule has 3 aromatic rings. The van der Waals surface area contributed by atoms with Crippen molar-refractivity contribution in [3.63, 3.8) is 0 Å². The van der Waals surface area contributed by atoms with Crippen molar-refractivity contribution in [3.8, 4) is 17.0 Å². The molecule has 0 amide bonds. The molecule has 7 heteroatoms. The molecular weight excluding hydrogens is 361 g/mol. The van der Waals surface area contributed by atoms with Crippen molar-refractivity contribution < 1.29 is 18.7 Å². The highest BCUT2D eigenvalue weighted by Gasteiger charge is 2.16. The molecule has 0 atom stereocenters. The van der Waals surface area contributed by atoms with Gasteiger partial charge in [-0.2, -0.15) is 0 Å². The molecule has 0 unspecified atom stereocenters. The molecular formula is C21H18FN3O3. The summed E-state index contributed by atoms with van der Waals surface area (Å²) in [5.74, 6) is -0.360. The van der Waals surface area contributed by atoms with Crippen LogP contribution >= 0.6 is 0 Å². The molecule has 0 radical (unpaired) electrons. The molecule has 2 aromatic heterocycles. The average molecular weight is 379 g/mol. The number of rotatable bonds is 7. The van der Waals surface area contributed by atoms with E-state index in [1.807, 2.05) is 0 Å². The molecule has 0 bridgehead atoms. The Labute approximate surface area is 161 Å². The van der Waals surface area contributed by atoms with E-state index in [9.17, 15) is 14.0 Å². The summed E-state index contributed by atoms with van der Waals surface area (Å²) >= 11 is 0. The van der Waals surface area contributed by atoms with E-state index in [4.69, 9.17) is 4.74 Å². The summed E-state index contributed by atoms with van der Waals surface area (Å²) in [6.45, 7) is 1.65. The van der Waals surface area contributed by atoms with Gasteiger partial charge in [-0.3, -0.25) is 9.59 Å². The lowest BCUT2D eigenvalue weighted by molar-refractivity contribution is 0.0912. The summed E-state index contributed by atoms with van der Waals surface area (Å²) in [4.78, 5) is 36.7. The van der Waals surface area contributed by atoms with Gasteiger partial charge in [-0.25, -0.2) is 19.3 Å². The van der Waals surface area contributed by atoms with Gasteiger partial charge in [0.2, 0.25) is 0 Å². The number of hydrogen-bond acceptors (Lipinski definition) is 6. The molecule has 0 spiro atoms. The third-order valence-electron chi connectivity index (χ3n) is 4.24. The maximum absolute atomic E-state index is 13.6. The first-order chi connectivity index (χ1) is 13.5. The lowest BCUT2D eigenvalue weighted by Crippen LogP contribution is -2.09. The zero-order valence-corrected chi connectivity index (χ0v) is 15.5. The second-order valence-corrected chi connectivity index (χ2v) is 6.15. The topological polar surface area (TPSA) is 82.0 Å². The minimum Gasteiger partial charge on any atom is -0.494 e. The third kappa shape index (κ3) is 4.25. The number of Topliss-reactive ketones (excluding diaryl/α,β-unsaturated/α-hetero) is 2. The average Bonchev–Trinajstić information content (AvgIpc) is 2.73. The van der Waals surface area contributed by atoms with Crippen LogP contribution in [0.3, 0.4) is 0 Å². The largest absolute Gasteiger partial charge is 0.494 e. The van der Waals surface area contributed by atoms with Crippen LogP contribution in [0.2, 0.25) is 0 Å². The van der Waals surface area contributed by atoms with Crippen molar-refractivity contribution in [1.29, 1.82) is 0 Å². The second kappa shape index (κ2) is 8.47. The predicted molar refractivity (Wildman–Crippen MR) is 101 cm³/mol. The maximum Gasteiger partial charge on any atom is 0.181 e. The van der Waals surface area contributed by atoms with Crippen LogP contribution in [0.4, 0.5) is 4.39 Å². The number of aryl methyl sites for hydroxylation is 1. The van der Waals surface area contributed by atoms with Crippen molar-refractivity contribution in [2.24, 2.45) is 0 Å². The minimum atomic E-state index is -0.321. The van der Waals surface area contributed by atoms with Gasteiger partial charge < -0.3 is 4.74 Å². The number of ether oxygens (including phenoxy) is 1. The Morgan fingerprint density at radius 3 is 2.43 bits per heavy atom. The molecule has 1 aromatic carbocycles. The molecule has 6 nitrogen and oxygen atoms in total. The van der Waals surface area contributed by atoms with Gasteiger partial charge in [0.1, 0.15) is 35.0 Å². The van der Waals surface area contributed by atoms with E-state index in [-0.39, 0.29) is 41.6 Å². The highest BCUT2D eigenvalue weighted by Crippen LogP contribution is 2.29. The lowest BCUT2D eigenvalue weighted by atomic mass is 10.0. The molecule has 142 valence electrons. The highest BCUT2D eigenvalue weighted by atomic mass is 19.1. The molecule has 2 heterocycles. The SMILES string of the molecule is COc1ccc(C(=O)CCC(=O)c2ccncn2)nc1-c1ccc(F)c(C)c1. The van der Waals surface area contributed by atoms with Crippen molar-refractivity contribution in [2.75, 3.05) is 7.11 Å². The van der Waals surface area contributed by atoms with Gasteiger partial charge in [0.25, 0.3) is 0 Å². The number of aromatic nitrogens is 3. The number of halogens is 1. The first kappa shape index (κ1) is 19.3. The number of hydrogen-bond donors (Lipinski definition) is 0. The third-order valence-corrected chi connectivity index (χ3v) is 4.24. The Kier molecular flexibility index (Phi) is 5.84. The van der Waals surface area contributed by atoms with Crippen molar-refractivity contribution in [2.45, 2.75) is 19.8 Å². The fraction of sp³-hybridized carbons (Fsp3) is 0.190. The number of methoxy groups -OCH3 is 1. The molecule has 0 saturated carbocycles. The molecule has 0 aliphatic rings. The monoisotopic (exact) mass is 379 g/mol. The number of nitrogens with zero attached hydrogens (tertiary/aromatic N) is 3. The van der Waals surface area contributed by atoms with Gasteiger partial charge in [-0.15, -0.1) is 0 Å². The summed E-state index contributed by atoms with van der Waals surface area (Å²) in [6, 6.07) is 9.28. The number of carbonyl (C=O) groups is 2. The number of pyridine rings is 1. The van der Waals surface area contributed by atoms with Crippen molar-refractivity contribution >= 4 is 11.6 Å². The van der Waals surface area contributed by atoms with E-state index < -0.39 is 0 Å². The van der Waals surface area contributed by atoms with Gasteiger partial charge in [-0.1, -0.05) is 0 Å². The number of benzene rings is 1. The van der Waals surface area contributed by atoms with Gasteiger partial charge in [-0.05, 0) is 48.9 Å². The van der Waals surface area contributed by atoms with Crippen LogP contribution in [-0.2, 0) is 0 Å². The van der Waals surface area contributed by atoms with Gasteiger partial charge in [0.05, 0.1) is 7.11 Å². The number of carbonyl (C=O) groups excluding carboxylic acids is 2. The van der Waals surface area contributed by atoms with Crippen LogP contribution in [0, 0.1) is 12.7 Å². The molecule has 0 saturated heterocycles. The molecule has 0 aliphatic carbocycles. The summed E-state index contributed by atoms with van der Waals surface area (Å²) < 4.78 is 18.9. The Bertz CT molecular complexity index is 1020. The molecule has 0 aliphatic heterocycles.